The Morgan fingerprint density at radius 2 is 2.03 bits per heavy atom. The van der Waals surface area contributed by atoms with Gasteiger partial charge in [0, 0.05) is 66.8 Å². The van der Waals surface area contributed by atoms with E-state index in [-0.39, 0.29) is 5.82 Å². The molecule has 0 atom stereocenters. The third-order valence-corrected chi connectivity index (χ3v) is 5.25. The molecule has 2 aromatic heterocycles. The monoisotopic (exact) mass is 412 g/mol. The van der Waals surface area contributed by atoms with Crippen molar-refractivity contribution in [1.29, 1.82) is 10.7 Å². The summed E-state index contributed by atoms with van der Waals surface area (Å²) in [6, 6.07) is 12.1. The number of nitrogens with zero attached hydrogens (tertiary/aromatic N) is 4. The van der Waals surface area contributed by atoms with Crippen LogP contribution >= 0.6 is 0 Å². The van der Waals surface area contributed by atoms with Crippen LogP contribution in [0.4, 0.5) is 15.9 Å². The molecule has 0 aliphatic carbocycles. The van der Waals surface area contributed by atoms with Gasteiger partial charge in [0.15, 0.2) is 0 Å². The van der Waals surface area contributed by atoms with E-state index in [1.165, 1.54) is 18.3 Å². The smallest absolute Gasteiger partial charge is 0.131 e. The molecule has 154 valence electrons. The maximum Gasteiger partial charge on any atom is 0.131 e. The van der Waals surface area contributed by atoms with Gasteiger partial charge < -0.3 is 15.6 Å². The Labute approximate surface area is 180 Å². The van der Waals surface area contributed by atoms with Crippen LogP contribution in [-0.4, -0.2) is 22.7 Å². The summed E-state index contributed by atoms with van der Waals surface area (Å²) in [5.41, 5.74) is 5.89. The van der Waals surface area contributed by atoms with Gasteiger partial charge in [-0.3, -0.25) is 4.98 Å². The third-order valence-electron chi connectivity index (χ3n) is 5.25. The molecular formula is C24H21FN6. The van der Waals surface area contributed by atoms with Gasteiger partial charge >= 0.3 is 0 Å². The van der Waals surface area contributed by atoms with Crippen LogP contribution in [0.15, 0.2) is 55.0 Å². The molecule has 0 radical (unpaired) electrons. The van der Waals surface area contributed by atoms with Crippen LogP contribution in [0.5, 0.6) is 0 Å². The predicted octanol–water partition coefficient (Wildman–Crippen LogP) is 4.46. The highest BCUT2D eigenvalue weighted by atomic mass is 19.1. The number of allylic oxidation sites excluding steroid dienone is 1. The van der Waals surface area contributed by atoms with Gasteiger partial charge in [-0.25, -0.2) is 9.37 Å². The third kappa shape index (κ3) is 4.43. The molecule has 0 unspecified atom stereocenters. The van der Waals surface area contributed by atoms with Crippen molar-refractivity contribution in [2.24, 2.45) is 0 Å². The molecule has 0 saturated heterocycles. The highest BCUT2D eigenvalue weighted by Gasteiger charge is 2.20. The number of hydrogen-bond acceptors (Lipinski definition) is 6. The molecule has 2 N–H and O–H groups in total. The molecule has 31 heavy (non-hydrogen) atoms. The zero-order valence-corrected chi connectivity index (χ0v) is 17.1. The highest BCUT2D eigenvalue weighted by molar-refractivity contribution is 6.08. The summed E-state index contributed by atoms with van der Waals surface area (Å²) in [7, 11) is 0. The Morgan fingerprint density at radius 1 is 1.23 bits per heavy atom. The van der Waals surface area contributed by atoms with Gasteiger partial charge in [-0.15, -0.1) is 0 Å². The molecule has 7 heteroatoms. The molecule has 1 aliphatic heterocycles. The van der Waals surface area contributed by atoms with Crippen LogP contribution in [0.25, 0.3) is 5.57 Å². The van der Waals surface area contributed by atoms with Crippen molar-refractivity contribution in [3.8, 4) is 6.07 Å². The van der Waals surface area contributed by atoms with E-state index in [4.69, 9.17) is 10.7 Å². The van der Waals surface area contributed by atoms with Crippen LogP contribution in [0.1, 0.15) is 27.9 Å². The minimum absolute atomic E-state index is 0.294. The van der Waals surface area contributed by atoms with Gasteiger partial charge in [0.25, 0.3) is 0 Å². The van der Waals surface area contributed by atoms with Crippen LogP contribution < -0.4 is 10.2 Å². The first-order chi connectivity index (χ1) is 15.1. The van der Waals surface area contributed by atoms with Gasteiger partial charge in [0.05, 0.1) is 5.56 Å². The number of halogens is 1. The van der Waals surface area contributed by atoms with Crippen molar-refractivity contribution < 1.29 is 4.39 Å². The number of benzene rings is 1. The lowest BCUT2D eigenvalue weighted by Crippen LogP contribution is -2.32. The lowest BCUT2D eigenvalue weighted by atomic mass is 10.0. The Kier molecular flexibility index (Phi) is 5.72. The summed E-state index contributed by atoms with van der Waals surface area (Å²) < 4.78 is 13.1. The molecule has 6 nitrogen and oxygen atoms in total. The molecule has 1 aromatic carbocycles. The molecule has 4 rings (SSSR count). The minimum atomic E-state index is -0.294. The van der Waals surface area contributed by atoms with Crippen molar-refractivity contribution >= 4 is 23.3 Å². The number of aromatic nitrogens is 2. The molecule has 3 aromatic rings. The number of rotatable bonds is 5. The second-order valence-corrected chi connectivity index (χ2v) is 7.37. The van der Waals surface area contributed by atoms with Crippen molar-refractivity contribution in [2.45, 2.75) is 19.9 Å². The molecule has 0 spiro atoms. The molecular weight excluding hydrogens is 391 g/mol. The standard InChI is InChI=1S/C24H21FN6/c1-16-8-17(10-26)12-30-24(16)31-7-6-23-19(15-31)9-18(13-29-23)20(11-27)14-28-22-4-2-21(25)3-5-22/h2-5,8-9,11-14,27-28H,6-7,15H2,1H3/b20-14+,27-11?. The van der Waals surface area contributed by atoms with E-state index in [9.17, 15) is 4.39 Å². The van der Waals surface area contributed by atoms with Gasteiger partial charge in [-0.1, -0.05) is 0 Å². The Balaban J connectivity index is 1.57. The fourth-order valence-electron chi connectivity index (χ4n) is 3.64. The number of aryl methyl sites for hydroxylation is 1. The number of nitrogens with one attached hydrogen (secondary N) is 2. The van der Waals surface area contributed by atoms with Crippen LogP contribution in [0.2, 0.25) is 0 Å². The van der Waals surface area contributed by atoms with E-state index in [2.05, 4.69) is 32.3 Å². The van der Waals surface area contributed by atoms with Crippen LogP contribution in [0.3, 0.4) is 0 Å². The number of fused-ring (bicyclic) bond motifs is 1. The van der Waals surface area contributed by atoms with E-state index in [0.717, 1.165) is 46.9 Å². The minimum Gasteiger partial charge on any atom is -0.361 e. The normalized spacial score (nSPS) is 13.3. The largest absolute Gasteiger partial charge is 0.361 e. The van der Waals surface area contributed by atoms with Crippen LogP contribution in [-0.2, 0) is 13.0 Å². The van der Waals surface area contributed by atoms with E-state index >= 15 is 0 Å². The molecule has 3 heterocycles. The summed E-state index contributed by atoms with van der Waals surface area (Å²) in [4.78, 5) is 11.3. The summed E-state index contributed by atoms with van der Waals surface area (Å²) in [5.74, 6) is 0.577. The Morgan fingerprint density at radius 3 is 2.74 bits per heavy atom. The fourth-order valence-corrected chi connectivity index (χ4v) is 3.64. The van der Waals surface area contributed by atoms with E-state index in [0.29, 0.717) is 17.7 Å². The van der Waals surface area contributed by atoms with Crippen molar-refractivity contribution in [2.75, 3.05) is 16.8 Å². The van der Waals surface area contributed by atoms with E-state index < -0.39 is 0 Å². The number of nitriles is 1. The summed E-state index contributed by atoms with van der Waals surface area (Å²) >= 11 is 0. The summed E-state index contributed by atoms with van der Waals surface area (Å²) in [6.45, 7) is 3.43. The lowest BCUT2D eigenvalue weighted by Gasteiger charge is -2.30. The van der Waals surface area contributed by atoms with E-state index in [1.54, 1.807) is 30.7 Å². The quantitative estimate of drug-likeness (QED) is 0.604. The van der Waals surface area contributed by atoms with Crippen molar-refractivity contribution in [1.82, 2.24) is 9.97 Å². The number of pyridine rings is 2. The average molecular weight is 412 g/mol. The summed E-state index contributed by atoms with van der Waals surface area (Å²) in [6.07, 6.45) is 7.17. The van der Waals surface area contributed by atoms with Gasteiger partial charge in [0.1, 0.15) is 17.7 Å². The maximum atomic E-state index is 13.1. The second-order valence-electron chi connectivity index (χ2n) is 7.37. The Hall–Kier alpha value is -4.05. The molecule has 0 fully saturated rings. The zero-order chi connectivity index (χ0) is 21.8. The summed E-state index contributed by atoms with van der Waals surface area (Å²) in [5, 5.41) is 20.0. The predicted molar refractivity (Wildman–Crippen MR) is 119 cm³/mol. The van der Waals surface area contributed by atoms with Gasteiger partial charge in [-0.2, -0.15) is 5.26 Å². The number of hydrogen-bond donors (Lipinski definition) is 2. The zero-order valence-electron chi connectivity index (χ0n) is 17.1. The van der Waals surface area contributed by atoms with Gasteiger partial charge in [-0.05, 0) is 54.4 Å². The first-order valence-corrected chi connectivity index (χ1v) is 9.90. The SMILES string of the molecule is Cc1cc(C#N)cnc1N1CCc2ncc(/C(C=N)=C/Nc3ccc(F)cc3)cc2C1. The first kappa shape index (κ1) is 20.2. The highest BCUT2D eigenvalue weighted by Crippen LogP contribution is 2.26. The molecule has 0 saturated carbocycles. The molecule has 0 bridgehead atoms. The lowest BCUT2D eigenvalue weighted by molar-refractivity contribution is 0.628. The van der Waals surface area contributed by atoms with Gasteiger partial charge in [0.2, 0.25) is 0 Å². The van der Waals surface area contributed by atoms with Crippen LogP contribution in [0, 0.1) is 29.5 Å². The molecule has 1 aliphatic rings. The topological polar surface area (TPSA) is 88.7 Å². The Bertz CT molecular complexity index is 1190. The van der Waals surface area contributed by atoms with Crippen molar-refractivity contribution in [3.05, 3.63) is 88.8 Å². The fraction of sp³-hybridized carbons (Fsp3) is 0.167. The van der Waals surface area contributed by atoms with Crippen molar-refractivity contribution in [3.63, 3.8) is 0 Å². The molecule has 0 amide bonds. The van der Waals surface area contributed by atoms with E-state index in [1.807, 2.05) is 13.0 Å². The second kappa shape index (κ2) is 8.76. The maximum absolute atomic E-state index is 13.1. The average Bonchev–Trinajstić information content (AvgIpc) is 2.80. The number of anilines is 2. The first-order valence-electron chi connectivity index (χ1n) is 9.90.